The van der Waals surface area contributed by atoms with Crippen molar-refractivity contribution in [3.8, 4) is 5.75 Å². The largest absolute Gasteiger partial charge is 0.496 e. The lowest BCUT2D eigenvalue weighted by Crippen LogP contribution is -2.35. The van der Waals surface area contributed by atoms with E-state index in [0.29, 0.717) is 18.5 Å². The van der Waals surface area contributed by atoms with E-state index in [0.717, 1.165) is 16.9 Å². The van der Waals surface area contributed by atoms with Gasteiger partial charge in [-0.3, -0.25) is 0 Å². The summed E-state index contributed by atoms with van der Waals surface area (Å²) < 4.78 is 5.30. The number of aryl methyl sites for hydroxylation is 1. The molecular weight excluding hydrogens is 226 g/mol. The Labute approximate surface area is 108 Å². The summed E-state index contributed by atoms with van der Waals surface area (Å²) in [4.78, 5) is 6.49. The van der Waals surface area contributed by atoms with Crippen molar-refractivity contribution in [2.75, 3.05) is 14.2 Å². The van der Waals surface area contributed by atoms with Gasteiger partial charge in [-0.1, -0.05) is 12.1 Å². The summed E-state index contributed by atoms with van der Waals surface area (Å²) in [6.07, 6.45) is 2.45. The number of methoxy groups -OCH3 is 1. The average molecular weight is 247 g/mol. The van der Waals surface area contributed by atoms with Gasteiger partial charge in [0, 0.05) is 13.1 Å². The molecule has 0 spiro atoms. The van der Waals surface area contributed by atoms with Crippen molar-refractivity contribution in [1.29, 1.82) is 0 Å². The van der Waals surface area contributed by atoms with Crippen LogP contribution in [0, 0.1) is 6.92 Å². The van der Waals surface area contributed by atoms with Crippen molar-refractivity contribution in [1.82, 2.24) is 4.90 Å². The maximum Gasteiger partial charge on any atom is 0.191 e. The number of benzene rings is 1. The first-order chi connectivity index (χ1) is 8.61. The van der Waals surface area contributed by atoms with Crippen LogP contribution in [-0.2, 0) is 6.54 Å². The monoisotopic (exact) mass is 247 g/mol. The molecule has 0 aliphatic heterocycles. The molecule has 4 nitrogen and oxygen atoms in total. The zero-order valence-electron chi connectivity index (χ0n) is 11.3. The van der Waals surface area contributed by atoms with Crippen LogP contribution in [0.15, 0.2) is 23.2 Å². The lowest BCUT2D eigenvalue weighted by Gasteiger charge is -2.16. The minimum Gasteiger partial charge on any atom is -0.496 e. The van der Waals surface area contributed by atoms with E-state index in [1.807, 2.05) is 26.1 Å². The van der Waals surface area contributed by atoms with E-state index in [-0.39, 0.29) is 0 Å². The van der Waals surface area contributed by atoms with Crippen LogP contribution in [0.5, 0.6) is 5.75 Å². The summed E-state index contributed by atoms with van der Waals surface area (Å²) in [5.41, 5.74) is 8.20. The third kappa shape index (κ3) is 2.94. The highest BCUT2D eigenvalue weighted by Crippen LogP contribution is 2.25. The Hall–Kier alpha value is -1.71. The van der Waals surface area contributed by atoms with Gasteiger partial charge in [-0.05, 0) is 37.0 Å². The summed E-state index contributed by atoms with van der Waals surface area (Å²) in [5.74, 6) is 1.52. The molecule has 1 aromatic carbocycles. The third-order valence-electron chi connectivity index (χ3n) is 3.35. The molecule has 0 amide bonds. The molecule has 1 fully saturated rings. The van der Waals surface area contributed by atoms with Gasteiger partial charge in [0.1, 0.15) is 5.75 Å². The number of guanidine groups is 1. The van der Waals surface area contributed by atoms with E-state index in [2.05, 4.69) is 16.0 Å². The Bertz CT molecular complexity index is 452. The zero-order valence-corrected chi connectivity index (χ0v) is 11.3. The quantitative estimate of drug-likeness (QED) is 0.653. The Morgan fingerprint density at radius 1 is 1.50 bits per heavy atom. The Morgan fingerprint density at radius 2 is 2.22 bits per heavy atom. The maximum absolute atomic E-state index is 5.95. The second kappa shape index (κ2) is 5.29. The van der Waals surface area contributed by atoms with Gasteiger partial charge >= 0.3 is 0 Å². The van der Waals surface area contributed by atoms with E-state index < -0.39 is 0 Å². The molecule has 0 heterocycles. The van der Waals surface area contributed by atoms with Crippen LogP contribution in [0.3, 0.4) is 0 Å². The Morgan fingerprint density at radius 3 is 2.83 bits per heavy atom. The third-order valence-corrected chi connectivity index (χ3v) is 3.35. The highest BCUT2D eigenvalue weighted by atomic mass is 16.5. The van der Waals surface area contributed by atoms with Crippen LogP contribution in [0.25, 0.3) is 0 Å². The molecule has 0 aromatic heterocycles. The normalized spacial score (nSPS) is 15.6. The molecule has 0 unspecified atom stereocenters. The number of rotatable bonds is 4. The first-order valence-electron chi connectivity index (χ1n) is 6.28. The number of hydrogen-bond donors (Lipinski definition) is 1. The predicted octanol–water partition coefficient (Wildman–Crippen LogP) is 1.91. The molecule has 0 saturated heterocycles. The first kappa shape index (κ1) is 12.7. The van der Waals surface area contributed by atoms with Crippen molar-refractivity contribution in [3.63, 3.8) is 0 Å². The SMILES string of the molecule is COc1cc(CN=C(N)N(C)C2CC2)ccc1C. The molecule has 1 aliphatic rings. The van der Waals surface area contributed by atoms with E-state index in [1.54, 1.807) is 7.11 Å². The molecule has 98 valence electrons. The fourth-order valence-electron chi connectivity index (χ4n) is 1.90. The molecule has 2 rings (SSSR count). The number of aliphatic imine (C=N–C) groups is 1. The molecule has 1 aromatic rings. The Kier molecular flexibility index (Phi) is 3.75. The van der Waals surface area contributed by atoms with Crippen LogP contribution in [0.4, 0.5) is 0 Å². The molecule has 18 heavy (non-hydrogen) atoms. The van der Waals surface area contributed by atoms with Crippen LogP contribution in [-0.4, -0.2) is 31.1 Å². The summed E-state index contributed by atoms with van der Waals surface area (Å²) in [5, 5.41) is 0. The van der Waals surface area contributed by atoms with Crippen molar-refractivity contribution in [3.05, 3.63) is 29.3 Å². The molecule has 1 aliphatic carbocycles. The van der Waals surface area contributed by atoms with Crippen LogP contribution >= 0.6 is 0 Å². The second-order valence-corrected chi connectivity index (χ2v) is 4.82. The van der Waals surface area contributed by atoms with Crippen LogP contribution in [0.1, 0.15) is 24.0 Å². The van der Waals surface area contributed by atoms with Crippen LogP contribution < -0.4 is 10.5 Å². The Balaban J connectivity index is 2.02. The molecule has 2 N–H and O–H groups in total. The highest BCUT2D eigenvalue weighted by Gasteiger charge is 2.27. The van der Waals surface area contributed by atoms with Gasteiger partial charge in [0.2, 0.25) is 0 Å². The van der Waals surface area contributed by atoms with E-state index >= 15 is 0 Å². The highest BCUT2D eigenvalue weighted by molar-refractivity contribution is 5.78. The van der Waals surface area contributed by atoms with E-state index in [9.17, 15) is 0 Å². The molecule has 0 radical (unpaired) electrons. The molecule has 4 heteroatoms. The molecule has 0 atom stereocenters. The fraction of sp³-hybridized carbons (Fsp3) is 0.500. The van der Waals surface area contributed by atoms with Gasteiger partial charge < -0.3 is 15.4 Å². The summed E-state index contributed by atoms with van der Waals surface area (Å²) >= 11 is 0. The lowest BCUT2D eigenvalue weighted by atomic mass is 10.1. The number of nitrogens with zero attached hydrogens (tertiary/aromatic N) is 2. The number of nitrogens with two attached hydrogens (primary N) is 1. The summed E-state index contributed by atoms with van der Waals surface area (Å²) in [6, 6.07) is 6.72. The minimum absolute atomic E-state index is 0.597. The molecule has 1 saturated carbocycles. The molecular formula is C14H21N3O. The summed E-state index contributed by atoms with van der Waals surface area (Å²) in [7, 11) is 3.69. The first-order valence-corrected chi connectivity index (χ1v) is 6.28. The van der Waals surface area contributed by atoms with Crippen molar-refractivity contribution in [2.45, 2.75) is 32.4 Å². The zero-order chi connectivity index (χ0) is 13.1. The standard InChI is InChI=1S/C14H21N3O/c1-10-4-5-11(8-13(10)18-3)9-16-14(15)17(2)12-6-7-12/h4-5,8,12H,6-7,9H2,1-3H3,(H2,15,16). The molecule has 0 bridgehead atoms. The number of ether oxygens (including phenoxy) is 1. The second-order valence-electron chi connectivity index (χ2n) is 4.82. The van der Waals surface area contributed by atoms with E-state index in [1.165, 1.54) is 12.8 Å². The lowest BCUT2D eigenvalue weighted by molar-refractivity contribution is 0.411. The van der Waals surface area contributed by atoms with Crippen LogP contribution in [0.2, 0.25) is 0 Å². The van der Waals surface area contributed by atoms with Crippen molar-refractivity contribution >= 4 is 5.96 Å². The number of hydrogen-bond acceptors (Lipinski definition) is 2. The van der Waals surface area contributed by atoms with Gasteiger partial charge in [-0.2, -0.15) is 0 Å². The van der Waals surface area contributed by atoms with Gasteiger partial charge in [-0.25, -0.2) is 4.99 Å². The smallest absolute Gasteiger partial charge is 0.191 e. The van der Waals surface area contributed by atoms with Crippen molar-refractivity contribution in [2.24, 2.45) is 10.7 Å². The van der Waals surface area contributed by atoms with Gasteiger partial charge in [-0.15, -0.1) is 0 Å². The van der Waals surface area contributed by atoms with E-state index in [4.69, 9.17) is 10.5 Å². The van der Waals surface area contributed by atoms with Gasteiger partial charge in [0.15, 0.2) is 5.96 Å². The predicted molar refractivity (Wildman–Crippen MR) is 73.8 cm³/mol. The van der Waals surface area contributed by atoms with Crippen molar-refractivity contribution < 1.29 is 4.74 Å². The van der Waals surface area contributed by atoms with Gasteiger partial charge in [0.25, 0.3) is 0 Å². The average Bonchev–Trinajstić information content (AvgIpc) is 3.20. The summed E-state index contributed by atoms with van der Waals surface area (Å²) in [6.45, 7) is 2.63. The maximum atomic E-state index is 5.95. The van der Waals surface area contributed by atoms with Gasteiger partial charge in [0.05, 0.1) is 13.7 Å². The fourth-order valence-corrected chi connectivity index (χ4v) is 1.90. The topological polar surface area (TPSA) is 50.9 Å². The minimum atomic E-state index is 0.597.